The van der Waals surface area contributed by atoms with Crippen molar-refractivity contribution in [2.75, 3.05) is 13.6 Å². The van der Waals surface area contributed by atoms with E-state index in [-0.39, 0.29) is 5.56 Å². The van der Waals surface area contributed by atoms with Gasteiger partial charge in [0, 0.05) is 9.68 Å². The molecule has 0 bridgehead atoms. The quantitative estimate of drug-likeness (QED) is 0.677. The predicted octanol–water partition coefficient (Wildman–Crippen LogP) is 1.91. The molecule has 0 aliphatic rings. The van der Waals surface area contributed by atoms with Crippen LogP contribution in [0.15, 0.2) is 18.2 Å². The Morgan fingerprint density at radius 1 is 1.62 bits per heavy atom. The van der Waals surface area contributed by atoms with Crippen LogP contribution in [0.5, 0.6) is 11.5 Å². The number of benzene rings is 1. The number of methoxy groups -OCH3 is 1. The molecule has 0 amide bonds. The van der Waals surface area contributed by atoms with E-state index in [1.54, 1.807) is 0 Å². The summed E-state index contributed by atoms with van der Waals surface area (Å²) in [6, 6.07) is 3.31. The minimum absolute atomic E-state index is 0.0456. The van der Waals surface area contributed by atoms with Gasteiger partial charge >= 0.3 is 0 Å². The Balaban J connectivity index is 3.22. The van der Waals surface area contributed by atoms with Crippen LogP contribution >= 0.6 is 0 Å². The first-order valence-corrected chi connectivity index (χ1v) is 3.33. The standard InChI is InChI=1S/C10H12O3/c1-3-13-10-6-8(7-11)4-5-9(10)12-2/h4-7H,3H2,1-2H3/i1D3,2D3,3D2. The van der Waals surface area contributed by atoms with Crippen LogP contribution in [0.4, 0.5) is 0 Å². The van der Waals surface area contributed by atoms with Crippen LogP contribution in [-0.2, 0) is 0 Å². The van der Waals surface area contributed by atoms with Crippen LogP contribution in [0.25, 0.3) is 0 Å². The van der Waals surface area contributed by atoms with Crippen molar-refractivity contribution in [3.05, 3.63) is 23.8 Å². The van der Waals surface area contributed by atoms with Crippen molar-refractivity contribution in [3.63, 3.8) is 0 Å². The zero-order valence-electron chi connectivity index (χ0n) is 14.5. The molecule has 1 aromatic carbocycles. The van der Waals surface area contributed by atoms with E-state index in [1.165, 1.54) is 6.07 Å². The summed E-state index contributed by atoms with van der Waals surface area (Å²) in [5, 5.41) is 0. The third-order valence-corrected chi connectivity index (χ3v) is 1.37. The highest BCUT2D eigenvalue weighted by Gasteiger charge is 2.03. The Bertz CT molecular complexity index is 520. The van der Waals surface area contributed by atoms with Gasteiger partial charge < -0.3 is 9.47 Å². The van der Waals surface area contributed by atoms with Crippen LogP contribution < -0.4 is 9.47 Å². The Hall–Kier alpha value is -1.51. The first-order valence-electron chi connectivity index (χ1n) is 7.33. The number of aldehydes is 1. The van der Waals surface area contributed by atoms with Gasteiger partial charge in [-0.15, -0.1) is 0 Å². The Morgan fingerprint density at radius 2 is 2.54 bits per heavy atom. The second-order valence-electron chi connectivity index (χ2n) is 2.13. The van der Waals surface area contributed by atoms with Crippen LogP contribution in [-0.4, -0.2) is 19.9 Å². The molecule has 0 saturated heterocycles. The minimum Gasteiger partial charge on any atom is -0.493 e. The summed E-state index contributed by atoms with van der Waals surface area (Å²) in [6.07, 6.45) is 0.414. The first kappa shape index (κ1) is 3.33. The molecule has 1 aromatic rings. The van der Waals surface area contributed by atoms with Gasteiger partial charge in [0.05, 0.1) is 20.5 Å². The van der Waals surface area contributed by atoms with E-state index in [4.69, 9.17) is 15.7 Å². The Labute approximate surface area is 88.5 Å². The van der Waals surface area contributed by atoms with Crippen molar-refractivity contribution >= 4 is 6.29 Å². The van der Waals surface area contributed by atoms with Crippen LogP contribution in [0.2, 0.25) is 0 Å². The van der Waals surface area contributed by atoms with E-state index < -0.39 is 31.9 Å². The minimum atomic E-state index is -3.11. The lowest BCUT2D eigenvalue weighted by atomic mass is 10.2. The number of hydrogen-bond donors (Lipinski definition) is 0. The monoisotopic (exact) mass is 188 g/mol. The summed E-state index contributed by atoms with van der Waals surface area (Å²) in [5.41, 5.74) is 0.0456. The molecule has 0 unspecified atom stereocenters. The van der Waals surface area contributed by atoms with E-state index in [2.05, 4.69) is 4.74 Å². The first-order chi connectivity index (χ1) is 9.36. The van der Waals surface area contributed by atoms with E-state index in [0.29, 0.717) is 6.29 Å². The second-order valence-corrected chi connectivity index (χ2v) is 2.13. The Kier molecular flexibility index (Phi) is 1.15. The van der Waals surface area contributed by atoms with Crippen molar-refractivity contribution in [1.29, 1.82) is 0 Å². The zero-order valence-corrected chi connectivity index (χ0v) is 6.53. The van der Waals surface area contributed by atoms with Gasteiger partial charge in [-0.2, -0.15) is 0 Å². The molecule has 0 fully saturated rings. The maximum Gasteiger partial charge on any atom is 0.161 e. The van der Waals surface area contributed by atoms with Gasteiger partial charge in [-0.1, -0.05) is 0 Å². The van der Waals surface area contributed by atoms with Crippen molar-refractivity contribution < 1.29 is 25.2 Å². The fraction of sp³-hybridized carbons (Fsp3) is 0.300. The molecule has 0 aliphatic carbocycles. The highest BCUT2D eigenvalue weighted by molar-refractivity contribution is 5.76. The predicted molar refractivity (Wildman–Crippen MR) is 49.6 cm³/mol. The molecule has 0 N–H and O–H groups in total. The second kappa shape index (κ2) is 4.50. The lowest BCUT2D eigenvalue weighted by Gasteiger charge is -2.08. The lowest BCUT2D eigenvalue weighted by molar-refractivity contribution is 0.112. The molecule has 70 valence electrons. The number of carbonyl (C=O) groups excluding carboxylic acids is 1. The fourth-order valence-corrected chi connectivity index (χ4v) is 0.817. The fourth-order valence-electron chi connectivity index (χ4n) is 0.817. The average Bonchev–Trinajstić information content (AvgIpc) is 2.27. The van der Waals surface area contributed by atoms with E-state index in [1.807, 2.05) is 0 Å². The van der Waals surface area contributed by atoms with Gasteiger partial charge in [-0.25, -0.2) is 0 Å². The van der Waals surface area contributed by atoms with Crippen molar-refractivity contribution in [3.8, 4) is 11.5 Å². The molecule has 13 heavy (non-hydrogen) atoms. The number of hydrogen-bond acceptors (Lipinski definition) is 3. The topological polar surface area (TPSA) is 35.5 Å². The molecule has 0 saturated carbocycles. The number of ether oxygens (including phenoxy) is 2. The molecule has 0 aliphatic heterocycles. The molecule has 0 spiro atoms. The molecule has 0 heterocycles. The normalized spacial score (nSPS) is 21.5. The molecule has 0 atom stereocenters. The van der Waals surface area contributed by atoms with Crippen molar-refractivity contribution in [2.24, 2.45) is 0 Å². The molecule has 1 rings (SSSR count). The summed E-state index contributed by atoms with van der Waals surface area (Å²) < 4.78 is 66.2. The third-order valence-electron chi connectivity index (χ3n) is 1.37. The van der Waals surface area contributed by atoms with Gasteiger partial charge in [-0.3, -0.25) is 4.79 Å². The molecule has 0 aromatic heterocycles. The van der Waals surface area contributed by atoms with Gasteiger partial charge in [0.2, 0.25) is 0 Å². The van der Waals surface area contributed by atoms with Gasteiger partial charge in [0.25, 0.3) is 0 Å². The Morgan fingerprint density at radius 3 is 3.23 bits per heavy atom. The highest BCUT2D eigenvalue weighted by Crippen LogP contribution is 2.27. The van der Waals surface area contributed by atoms with Gasteiger partial charge in [0.15, 0.2) is 11.5 Å². The van der Waals surface area contributed by atoms with Crippen LogP contribution in [0.1, 0.15) is 28.2 Å². The molecular weight excluding hydrogens is 168 g/mol. The highest BCUT2D eigenvalue weighted by atomic mass is 16.5. The van der Waals surface area contributed by atoms with Crippen molar-refractivity contribution in [1.82, 2.24) is 0 Å². The molecular formula is C10H12O3. The average molecular weight is 188 g/mol. The summed E-state index contributed by atoms with van der Waals surface area (Å²) in [7, 11) is -2.84. The van der Waals surface area contributed by atoms with Crippen LogP contribution in [0.3, 0.4) is 0 Å². The summed E-state index contributed by atoms with van der Waals surface area (Å²) in [4.78, 5) is 10.7. The third kappa shape index (κ3) is 2.21. The van der Waals surface area contributed by atoms with Crippen molar-refractivity contribution in [2.45, 2.75) is 6.85 Å². The molecule has 3 heteroatoms. The zero-order chi connectivity index (χ0) is 16.5. The maximum atomic E-state index is 10.7. The van der Waals surface area contributed by atoms with Gasteiger partial charge in [0.1, 0.15) is 6.29 Å². The lowest BCUT2D eigenvalue weighted by Crippen LogP contribution is -1.96. The number of carbonyl (C=O) groups is 1. The SMILES string of the molecule is [2H]C([2H])([2H])Oc1ccc(C=O)cc1OC([2H])([2H])C([2H])([2H])[2H]. The van der Waals surface area contributed by atoms with E-state index in [9.17, 15) is 4.79 Å². The number of rotatable bonds is 4. The maximum absolute atomic E-state index is 10.7. The van der Waals surface area contributed by atoms with E-state index in [0.717, 1.165) is 12.1 Å². The smallest absolute Gasteiger partial charge is 0.161 e. The molecule has 3 nitrogen and oxygen atoms in total. The van der Waals surface area contributed by atoms with Gasteiger partial charge in [-0.05, 0) is 25.1 Å². The largest absolute Gasteiger partial charge is 0.493 e. The molecule has 0 radical (unpaired) electrons. The summed E-state index contributed by atoms with van der Waals surface area (Å²) in [6.45, 7) is -6.19. The summed E-state index contributed by atoms with van der Waals surface area (Å²) in [5.74, 6) is -0.884. The van der Waals surface area contributed by atoms with E-state index >= 15 is 0 Å². The van der Waals surface area contributed by atoms with Crippen LogP contribution in [0, 0.1) is 0 Å². The summed E-state index contributed by atoms with van der Waals surface area (Å²) >= 11 is 0.